The fourth-order valence-electron chi connectivity index (χ4n) is 4.85. The number of morpholine rings is 1. The van der Waals surface area contributed by atoms with Crippen LogP contribution in [-0.2, 0) is 4.74 Å². The number of hydrogen-bond acceptors (Lipinski definition) is 6. The Bertz CT molecular complexity index is 779. The van der Waals surface area contributed by atoms with Crippen molar-refractivity contribution in [2.45, 2.75) is 63.7 Å². The highest BCUT2D eigenvalue weighted by Gasteiger charge is 2.36. The molecule has 3 aliphatic rings. The van der Waals surface area contributed by atoms with Gasteiger partial charge in [0.1, 0.15) is 5.69 Å². The predicted molar refractivity (Wildman–Crippen MR) is 112 cm³/mol. The molecular formula is C21H30N4O4. The number of fused-ring (bicyclic) bond motifs is 2. The van der Waals surface area contributed by atoms with Gasteiger partial charge in [0.05, 0.1) is 28.4 Å². The fourth-order valence-corrected chi connectivity index (χ4v) is 4.85. The number of hydrogen-bond donors (Lipinski definition) is 2. The van der Waals surface area contributed by atoms with Gasteiger partial charge in [0, 0.05) is 32.2 Å². The quantitative estimate of drug-likeness (QED) is 0.579. The molecule has 1 saturated carbocycles. The van der Waals surface area contributed by atoms with E-state index in [9.17, 15) is 14.9 Å². The van der Waals surface area contributed by atoms with Crippen molar-refractivity contribution in [3.8, 4) is 0 Å². The Kier molecular flexibility index (Phi) is 5.63. The third-order valence-electron chi connectivity index (χ3n) is 6.56. The van der Waals surface area contributed by atoms with Gasteiger partial charge in [-0.25, -0.2) is 0 Å². The molecule has 3 fully saturated rings. The minimum absolute atomic E-state index is 0.0742. The largest absolute Gasteiger partial charge is 0.383 e. The number of nitro benzene ring substituents is 1. The number of nitrogens with one attached hydrogen (secondary N) is 2. The molecule has 29 heavy (non-hydrogen) atoms. The minimum atomic E-state index is -0.433. The minimum Gasteiger partial charge on any atom is -0.383 e. The summed E-state index contributed by atoms with van der Waals surface area (Å²) in [7, 11) is 1.66. The van der Waals surface area contributed by atoms with Gasteiger partial charge in [-0.05, 0) is 50.5 Å². The standard InChI is InChI=1S/C21H30N4O4/c1-13-3-5-14(6-4-13)23-21(26)17-9-20(25(27)28)18(22-2)10-19(17)24-11-15-7-8-16(12-24)29-15/h9-10,13-16,22H,3-8,11-12H2,1-2H3,(H,23,26). The summed E-state index contributed by atoms with van der Waals surface area (Å²) in [6, 6.07) is 3.32. The molecule has 2 atom stereocenters. The highest BCUT2D eigenvalue weighted by Crippen LogP contribution is 2.37. The van der Waals surface area contributed by atoms with E-state index in [-0.39, 0.29) is 29.8 Å². The monoisotopic (exact) mass is 402 g/mol. The van der Waals surface area contributed by atoms with E-state index in [0.717, 1.165) is 44.2 Å². The van der Waals surface area contributed by atoms with Crippen molar-refractivity contribution in [3.63, 3.8) is 0 Å². The Morgan fingerprint density at radius 2 is 1.79 bits per heavy atom. The fraction of sp³-hybridized carbons (Fsp3) is 0.667. The van der Waals surface area contributed by atoms with Crippen LogP contribution in [0, 0.1) is 16.0 Å². The maximum absolute atomic E-state index is 13.2. The lowest BCUT2D eigenvalue weighted by Crippen LogP contribution is -2.44. The lowest BCUT2D eigenvalue weighted by Gasteiger charge is -2.35. The Hall–Kier alpha value is -2.35. The van der Waals surface area contributed by atoms with Gasteiger partial charge in [-0.1, -0.05) is 6.92 Å². The number of anilines is 2. The molecular weight excluding hydrogens is 372 g/mol. The zero-order valence-electron chi connectivity index (χ0n) is 17.1. The first-order valence-corrected chi connectivity index (χ1v) is 10.7. The zero-order chi connectivity index (χ0) is 20.5. The van der Waals surface area contributed by atoms with Gasteiger partial charge in [0.25, 0.3) is 11.6 Å². The molecule has 8 heteroatoms. The first kappa shape index (κ1) is 19.9. The second kappa shape index (κ2) is 8.18. The summed E-state index contributed by atoms with van der Waals surface area (Å²) >= 11 is 0. The van der Waals surface area contributed by atoms with Gasteiger partial charge in [-0.15, -0.1) is 0 Å². The first-order valence-electron chi connectivity index (χ1n) is 10.7. The van der Waals surface area contributed by atoms with Crippen LogP contribution in [0.2, 0.25) is 0 Å². The topological polar surface area (TPSA) is 96.7 Å². The molecule has 1 aromatic carbocycles. The maximum Gasteiger partial charge on any atom is 0.293 e. The van der Waals surface area contributed by atoms with E-state index < -0.39 is 4.92 Å². The summed E-state index contributed by atoms with van der Waals surface area (Å²) < 4.78 is 5.93. The average molecular weight is 402 g/mol. The molecule has 2 aliphatic heterocycles. The third kappa shape index (κ3) is 4.17. The van der Waals surface area contributed by atoms with Crippen molar-refractivity contribution in [3.05, 3.63) is 27.8 Å². The molecule has 1 amide bonds. The van der Waals surface area contributed by atoms with E-state index in [1.807, 2.05) is 0 Å². The molecule has 2 N–H and O–H groups in total. The molecule has 0 radical (unpaired) electrons. The number of carbonyl (C=O) groups is 1. The van der Waals surface area contributed by atoms with Crippen molar-refractivity contribution in [2.24, 2.45) is 5.92 Å². The van der Waals surface area contributed by atoms with Crippen molar-refractivity contribution >= 4 is 23.0 Å². The van der Waals surface area contributed by atoms with Crippen LogP contribution in [0.15, 0.2) is 12.1 Å². The molecule has 4 rings (SSSR count). The Labute approximate surface area is 171 Å². The van der Waals surface area contributed by atoms with E-state index >= 15 is 0 Å². The van der Waals surface area contributed by atoms with E-state index in [0.29, 0.717) is 30.3 Å². The van der Waals surface area contributed by atoms with Crippen molar-refractivity contribution in [2.75, 3.05) is 30.4 Å². The van der Waals surface area contributed by atoms with Crippen LogP contribution >= 0.6 is 0 Å². The lowest BCUT2D eigenvalue weighted by atomic mass is 9.87. The summed E-state index contributed by atoms with van der Waals surface area (Å²) in [5, 5.41) is 17.6. The number of rotatable bonds is 5. The normalized spacial score (nSPS) is 28.8. The van der Waals surface area contributed by atoms with E-state index in [1.54, 1.807) is 13.1 Å². The van der Waals surface area contributed by atoms with Crippen LogP contribution < -0.4 is 15.5 Å². The summed E-state index contributed by atoms with van der Waals surface area (Å²) in [4.78, 5) is 26.5. The number of amides is 1. The highest BCUT2D eigenvalue weighted by molar-refractivity contribution is 6.02. The van der Waals surface area contributed by atoms with Crippen LogP contribution in [0.5, 0.6) is 0 Å². The molecule has 1 aliphatic carbocycles. The van der Waals surface area contributed by atoms with Crippen molar-refractivity contribution in [1.82, 2.24) is 5.32 Å². The molecule has 2 unspecified atom stereocenters. The van der Waals surface area contributed by atoms with E-state index in [2.05, 4.69) is 22.5 Å². The Morgan fingerprint density at radius 3 is 2.38 bits per heavy atom. The molecule has 2 saturated heterocycles. The van der Waals surface area contributed by atoms with Crippen LogP contribution in [0.4, 0.5) is 17.1 Å². The van der Waals surface area contributed by atoms with Crippen LogP contribution in [0.3, 0.4) is 0 Å². The second-order valence-electron chi connectivity index (χ2n) is 8.69. The number of carbonyl (C=O) groups excluding carboxylic acids is 1. The SMILES string of the molecule is CNc1cc(N2CC3CCC(C2)O3)c(C(=O)NC2CCC(C)CC2)cc1[N+](=O)[O-]. The van der Waals surface area contributed by atoms with Gasteiger partial charge in [-0.3, -0.25) is 14.9 Å². The highest BCUT2D eigenvalue weighted by atomic mass is 16.6. The van der Waals surface area contributed by atoms with Gasteiger partial charge >= 0.3 is 0 Å². The molecule has 8 nitrogen and oxygen atoms in total. The summed E-state index contributed by atoms with van der Waals surface area (Å²) in [6.45, 7) is 3.65. The average Bonchev–Trinajstić information content (AvgIpc) is 3.06. The summed E-state index contributed by atoms with van der Waals surface area (Å²) in [6.07, 6.45) is 6.49. The Morgan fingerprint density at radius 1 is 1.14 bits per heavy atom. The number of benzene rings is 1. The molecule has 158 valence electrons. The molecule has 0 aromatic heterocycles. The Balaban J connectivity index is 1.65. The summed E-state index contributed by atoms with van der Waals surface area (Å²) in [5.74, 6) is 0.475. The molecule has 0 spiro atoms. The molecule has 1 aromatic rings. The predicted octanol–water partition coefficient (Wildman–Crippen LogP) is 3.31. The maximum atomic E-state index is 13.2. The van der Waals surface area contributed by atoms with Gasteiger partial charge in [0.15, 0.2) is 0 Å². The van der Waals surface area contributed by atoms with Gasteiger partial charge in [0.2, 0.25) is 0 Å². The number of ether oxygens (including phenoxy) is 1. The van der Waals surface area contributed by atoms with Gasteiger partial charge in [-0.2, -0.15) is 0 Å². The van der Waals surface area contributed by atoms with Gasteiger partial charge < -0.3 is 20.3 Å². The zero-order valence-corrected chi connectivity index (χ0v) is 17.1. The second-order valence-corrected chi connectivity index (χ2v) is 8.69. The van der Waals surface area contributed by atoms with E-state index in [1.165, 1.54) is 6.07 Å². The number of nitro groups is 1. The summed E-state index contributed by atoms with van der Waals surface area (Å²) in [5.41, 5.74) is 1.49. The van der Waals surface area contributed by atoms with Crippen LogP contribution in [0.25, 0.3) is 0 Å². The van der Waals surface area contributed by atoms with Crippen LogP contribution in [0.1, 0.15) is 55.8 Å². The van der Waals surface area contributed by atoms with Crippen LogP contribution in [-0.4, -0.2) is 49.2 Å². The molecule has 2 bridgehead atoms. The van der Waals surface area contributed by atoms with Crippen molar-refractivity contribution in [1.29, 1.82) is 0 Å². The smallest absolute Gasteiger partial charge is 0.293 e. The third-order valence-corrected chi connectivity index (χ3v) is 6.56. The van der Waals surface area contributed by atoms with E-state index in [4.69, 9.17) is 4.74 Å². The van der Waals surface area contributed by atoms with Crippen molar-refractivity contribution < 1.29 is 14.5 Å². The number of nitrogens with zero attached hydrogens (tertiary/aromatic N) is 2. The lowest BCUT2D eigenvalue weighted by molar-refractivity contribution is -0.383. The molecule has 2 heterocycles. The first-order chi connectivity index (χ1) is 13.9.